The Bertz CT molecular complexity index is 481. The van der Waals surface area contributed by atoms with Crippen LogP contribution in [0.3, 0.4) is 0 Å². The van der Waals surface area contributed by atoms with Gasteiger partial charge in [0.2, 0.25) is 5.91 Å². The fourth-order valence-corrected chi connectivity index (χ4v) is 2.98. The van der Waals surface area contributed by atoms with Crippen LogP contribution in [0.2, 0.25) is 5.02 Å². The Morgan fingerprint density at radius 2 is 2.29 bits per heavy atom. The van der Waals surface area contributed by atoms with Crippen molar-refractivity contribution in [3.63, 3.8) is 0 Å². The first-order chi connectivity index (χ1) is 10.00. The summed E-state index contributed by atoms with van der Waals surface area (Å²) < 4.78 is 0. The highest BCUT2D eigenvalue weighted by Gasteiger charge is 2.29. The molecule has 1 fully saturated rings. The van der Waals surface area contributed by atoms with Crippen LogP contribution < -0.4 is 10.6 Å². The summed E-state index contributed by atoms with van der Waals surface area (Å²) >= 11 is 6.02. The lowest BCUT2D eigenvalue weighted by atomic mass is 9.83. The third kappa shape index (κ3) is 4.45. The second-order valence-electron chi connectivity index (χ2n) is 6.39. The quantitative estimate of drug-likeness (QED) is 0.877. The van der Waals surface area contributed by atoms with Gasteiger partial charge in [-0.25, -0.2) is 0 Å². The van der Waals surface area contributed by atoms with E-state index in [9.17, 15) is 4.79 Å². The van der Waals surface area contributed by atoms with Crippen molar-refractivity contribution in [1.29, 1.82) is 0 Å². The summed E-state index contributed by atoms with van der Waals surface area (Å²) in [5, 5.41) is 7.15. The van der Waals surface area contributed by atoms with Crippen molar-refractivity contribution in [2.24, 2.45) is 5.92 Å². The van der Waals surface area contributed by atoms with Gasteiger partial charge in [0.05, 0.1) is 5.41 Å². The highest BCUT2D eigenvalue weighted by atomic mass is 35.5. The molecule has 2 N–H and O–H groups in total. The van der Waals surface area contributed by atoms with E-state index in [1.165, 1.54) is 12.8 Å². The molecule has 116 valence electrons. The van der Waals surface area contributed by atoms with Gasteiger partial charge < -0.3 is 10.6 Å². The van der Waals surface area contributed by atoms with Crippen LogP contribution in [0.1, 0.15) is 38.7 Å². The molecule has 1 unspecified atom stereocenters. The predicted octanol–water partition coefficient (Wildman–Crippen LogP) is 3.12. The van der Waals surface area contributed by atoms with E-state index in [-0.39, 0.29) is 5.91 Å². The zero-order chi connectivity index (χ0) is 15.3. The minimum Gasteiger partial charge on any atom is -0.355 e. The SMILES string of the molecule is CC(C)(C(=O)NCCC1CCCNC1)c1cccc(Cl)c1. The van der Waals surface area contributed by atoms with Crippen molar-refractivity contribution in [2.45, 2.75) is 38.5 Å². The summed E-state index contributed by atoms with van der Waals surface area (Å²) in [7, 11) is 0. The van der Waals surface area contributed by atoms with Gasteiger partial charge >= 0.3 is 0 Å². The number of hydrogen-bond donors (Lipinski definition) is 2. The molecule has 0 aromatic heterocycles. The molecule has 1 atom stereocenters. The van der Waals surface area contributed by atoms with Crippen molar-refractivity contribution < 1.29 is 4.79 Å². The smallest absolute Gasteiger partial charge is 0.230 e. The maximum atomic E-state index is 12.4. The van der Waals surface area contributed by atoms with Gasteiger partial charge in [0.15, 0.2) is 0 Å². The Kier molecular flexibility index (Phi) is 5.65. The zero-order valence-electron chi connectivity index (χ0n) is 12.9. The molecule has 1 aliphatic rings. The summed E-state index contributed by atoms with van der Waals surface area (Å²) in [6.45, 7) is 6.83. The number of carbonyl (C=O) groups is 1. The zero-order valence-corrected chi connectivity index (χ0v) is 13.7. The first-order valence-electron chi connectivity index (χ1n) is 7.75. The number of carbonyl (C=O) groups excluding carboxylic acids is 1. The topological polar surface area (TPSA) is 41.1 Å². The number of amides is 1. The van der Waals surface area contributed by atoms with Gasteiger partial charge in [0.1, 0.15) is 0 Å². The van der Waals surface area contributed by atoms with E-state index in [4.69, 9.17) is 11.6 Å². The molecule has 0 radical (unpaired) electrons. The van der Waals surface area contributed by atoms with Crippen molar-refractivity contribution in [3.05, 3.63) is 34.9 Å². The number of hydrogen-bond acceptors (Lipinski definition) is 2. The summed E-state index contributed by atoms with van der Waals surface area (Å²) in [5.74, 6) is 0.752. The second kappa shape index (κ2) is 7.28. The summed E-state index contributed by atoms with van der Waals surface area (Å²) in [5.41, 5.74) is 0.391. The van der Waals surface area contributed by atoms with Crippen molar-refractivity contribution in [3.8, 4) is 0 Å². The molecule has 1 saturated heterocycles. The molecule has 1 aromatic rings. The molecule has 4 heteroatoms. The highest BCUT2D eigenvalue weighted by molar-refractivity contribution is 6.30. The van der Waals surface area contributed by atoms with E-state index < -0.39 is 5.41 Å². The van der Waals surface area contributed by atoms with Gasteiger partial charge in [-0.05, 0) is 69.8 Å². The van der Waals surface area contributed by atoms with Crippen LogP contribution in [0.5, 0.6) is 0 Å². The Morgan fingerprint density at radius 1 is 1.48 bits per heavy atom. The van der Waals surface area contributed by atoms with Gasteiger partial charge in [-0.1, -0.05) is 23.7 Å². The van der Waals surface area contributed by atoms with E-state index in [0.717, 1.165) is 31.6 Å². The van der Waals surface area contributed by atoms with Crippen LogP contribution in [0.15, 0.2) is 24.3 Å². The third-order valence-electron chi connectivity index (χ3n) is 4.35. The number of halogens is 1. The molecule has 2 rings (SSSR count). The molecule has 0 spiro atoms. The summed E-state index contributed by atoms with van der Waals surface area (Å²) in [6.07, 6.45) is 3.55. The fraction of sp³-hybridized carbons (Fsp3) is 0.588. The lowest BCUT2D eigenvalue weighted by Gasteiger charge is -2.26. The van der Waals surface area contributed by atoms with Crippen molar-refractivity contribution in [2.75, 3.05) is 19.6 Å². The minimum atomic E-state index is -0.560. The van der Waals surface area contributed by atoms with Crippen molar-refractivity contribution >= 4 is 17.5 Å². The van der Waals surface area contributed by atoms with E-state index in [2.05, 4.69) is 10.6 Å². The normalized spacial score (nSPS) is 19.3. The average molecular weight is 309 g/mol. The van der Waals surface area contributed by atoms with E-state index in [0.29, 0.717) is 10.9 Å². The molecule has 0 bridgehead atoms. The Morgan fingerprint density at radius 3 is 2.95 bits per heavy atom. The Hall–Kier alpha value is -1.06. The largest absolute Gasteiger partial charge is 0.355 e. The van der Waals surface area contributed by atoms with E-state index in [1.807, 2.05) is 38.1 Å². The molecule has 0 aliphatic carbocycles. The van der Waals surface area contributed by atoms with Crippen LogP contribution in [-0.4, -0.2) is 25.5 Å². The average Bonchev–Trinajstić information content (AvgIpc) is 2.48. The monoisotopic (exact) mass is 308 g/mol. The van der Waals surface area contributed by atoms with Crippen LogP contribution >= 0.6 is 11.6 Å². The predicted molar refractivity (Wildman–Crippen MR) is 87.7 cm³/mol. The third-order valence-corrected chi connectivity index (χ3v) is 4.59. The number of rotatable bonds is 5. The number of nitrogens with one attached hydrogen (secondary N) is 2. The number of benzene rings is 1. The van der Waals surface area contributed by atoms with Crippen LogP contribution in [0.4, 0.5) is 0 Å². The van der Waals surface area contributed by atoms with Gasteiger partial charge in [0, 0.05) is 11.6 Å². The molecule has 21 heavy (non-hydrogen) atoms. The lowest BCUT2D eigenvalue weighted by molar-refractivity contribution is -0.125. The van der Waals surface area contributed by atoms with Crippen LogP contribution in [0.25, 0.3) is 0 Å². The van der Waals surface area contributed by atoms with Gasteiger partial charge in [-0.15, -0.1) is 0 Å². The Balaban J connectivity index is 1.86. The minimum absolute atomic E-state index is 0.0635. The highest BCUT2D eigenvalue weighted by Crippen LogP contribution is 2.26. The molecule has 1 amide bonds. The van der Waals surface area contributed by atoms with Gasteiger partial charge in [-0.3, -0.25) is 4.79 Å². The van der Waals surface area contributed by atoms with Crippen molar-refractivity contribution in [1.82, 2.24) is 10.6 Å². The molecule has 1 aliphatic heterocycles. The molecule has 3 nitrogen and oxygen atoms in total. The van der Waals surface area contributed by atoms with E-state index in [1.54, 1.807) is 0 Å². The first kappa shape index (κ1) is 16.3. The maximum Gasteiger partial charge on any atom is 0.230 e. The second-order valence-corrected chi connectivity index (χ2v) is 6.83. The van der Waals surface area contributed by atoms with E-state index >= 15 is 0 Å². The lowest BCUT2D eigenvalue weighted by Crippen LogP contribution is -2.41. The molecule has 1 heterocycles. The summed E-state index contributed by atoms with van der Waals surface area (Å²) in [6, 6.07) is 7.54. The molecular weight excluding hydrogens is 284 g/mol. The van der Waals surface area contributed by atoms with Gasteiger partial charge in [0.25, 0.3) is 0 Å². The molecular formula is C17H25ClN2O. The molecule has 1 aromatic carbocycles. The first-order valence-corrected chi connectivity index (χ1v) is 8.13. The van der Waals surface area contributed by atoms with Crippen LogP contribution in [0, 0.1) is 5.92 Å². The molecule has 0 saturated carbocycles. The maximum absolute atomic E-state index is 12.4. The fourth-order valence-electron chi connectivity index (χ4n) is 2.79. The Labute approximate surface area is 132 Å². The van der Waals surface area contributed by atoms with Crippen LogP contribution in [-0.2, 0) is 10.2 Å². The summed E-state index contributed by atoms with van der Waals surface area (Å²) in [4.78, 5) is 12.4. The number of piperidine rings is 1. The van der Waals surface area contributed by atoms with Gasteiger partial charge in [-0.2, -0.15) is 0 Å². The standard InChI is InChI=1S/C17H25ClN2O/c1-17(2,14-6-3-7-15(18)11-14)16(21)20-10-8-13-5-4-9-19-12-13/h3,6-7,11,13,19H,4-5,8-10,12H2,1-2H3,(H,20,21).